The number of amides is 2. The molecule has 2 N–H and O–H groups in total. The standard InChI is InChI=1S/C19H21N3O4/c1-13(17(23)20-21-18(24)14-8-5-4-6-9-14)26-19(25)15-10-7-11-16(12-15)22(2)3/h4-13H,1-3H3,(H,20,23)(H,21,24)/t13-/m1/s1. The van der Waals surface area contributed by atoms with E-state index in [9.17, 15) is 14.4 Å². The molecule has 0 spiro atoms. The molecular formula is C19H21N3O4. The Hall–Kier alpha value is -3.35. The van der Waals surface area contributed by atoms with Gasteiger partial charge < -0.3 is 9.64 Å². The number of esters is 1. The number of carbonyl (C=O) groups excluding carboxylic acids is 3. The third-order valence-electron chi connectivity index (χ3n) is 3.59. The van der Waals surface area contributed by atoms with Crippen LogP contribution in [0.5, 0.6) is 0 Å². The molecule has 0 aromatic heterocycles. The van der Waals surface area contributed by atoms with E-state index in [0.717, 1.165) is 5.69 Å². The van der Waals surface area contributed by atoms with Gasteiger partial charge in [-0.05, 0) is 37.3 Å². The fourth-order valence-electron chi connectivity index (χ4n) is 2.07. The first-order chi connectivity index (χ1) is 12.4. The summed E-state index contributed by atoms with van der Waals surface area (Å²) < 4.78 is 5.15. The molecule has 0 aliphatic carbocycles. The van der Waals surface area contributed by atoms with Crippen molar-refractivity contribution >= 4 is 23.5 Å². The van der Waals surface area contributed by atoms with Crippen molar-refractivity contribution in [2.24, 2.45) is 0 Å². The number of hydrazine groups is 1. The van der Waals surface area contributed by atoms with Gasteiger partial charge in [0.2, 0.25) is 0 Å². The number of hydrogen-bond acceptors (Lipinski definition) is 5. The van der Waals surface area contributed by atoms with Crippen LogP contribution in [0.25, 0.3) is 0 Å². The highest BCUT2D eigenvalue weighted by Crippen LogP contribution is 2.14. The van der Waals surface area contributed by atoms with E-state index < -0.39 is 23.9 Å². The predicted octanol–water partition coefficient (Wildman–Crippen LogP) is 1.76. The Balaban J connectivity index is 1.89. The van der Waals surface area contributed by atoms with Gasteiger partial charge in [-0.2, -0.15) is 0 Å². The van der Waals surface area contributed by atoms with Gasteiger partial charge in [-0.1, -0.05) is 24.3 Å². The van der Waals surface area contributed by atoms with Gasteiger partial charge in [-0.15, -0.1) is 0 Å². The first-order valence-electron chi connectivity index (χ1n) is 8.02. The minimum atomic E-state index is -1.07. The summed E-state index contributed by atoms with van der Waals surface area (Å²) in [6, 6.07) is 15.3. The Labute approximate surface area is 151 Å². The summed E-state index contributed by atoms with van der Waals surface area (Å²) in [5, 5.41) is 0. The number of hydrogen-bond donors (Lipinski definition) is 2. The Morgan fingerprint density at radius 1 is 0.923 bits per heavy atom. The largest absolute Gasteiger partial charge is 0.449 e. The number of benzene rings is 2. The molecule has 0 aliphatic heterocycles. The fraction of sp³-hybridized carbons (Fsp3) is 0.211. The van der Waals surface area contributed by atoms with Crippen LogP contribution in [0.4, 0.5) is 5.69 Å². The quantitative estimate of drug-likeness (QED) is 0.630. The van der Waals surface area contributed by atoms with Crippen LogP contribution in [0.1, 0.15) is 27.6 Å². The Morgan fingerprint density at radius 3 is 2.23 bits per heavy atom. The minimum Gasteiger partial charge on any atom is -0.449 e. The maximum Gasteiger partial charge on any atom is 0.338 e. The summed E-state index contributed by atoms with van der Waals surface area (Å²) in [7, 11) is 3.71. The van der Waals surface area contributed by atoms with Crippen LogP contribution in [0.2, 0.25) is 0 Å². The molecule has 2 rings (SSSR count). The first kappa shape index (κ1) is 19.0. The van der Waals surface area contributed by atoms with Gasteiger partial charge in [-0.25, -0.2) is 4.79 Å². The second-order valence-corrected chi connectivity index (χ2v) is 5.80. The van der Waals surface area contributed by atoms with E-state index >= 15 is 0 Å². The molecule has 0 heterocycles. The predicted molar refractivity (Wildman–Crippen MR) is 97.7 cm³/mol. The third-order valence-corrected chi connectivity index (χ3v) is 3.59. The van der Waals surface area contributed by atoms with Gasteiger partial charge in [0.1, 0.15) is 0 Å². The van der Waals surface area contributed by atoms with Crippen molar-refractivity contribution < 1.29 is 19.1 Å². The first-order valence-corrected chi connectivity index (χ1v) is 8.02. The van der Waals surface area contributed by atoms with E-state index in [-0.39, 0.29) is 0 Å². The molecule has 0 saturated heterocycles. The van der Waals surface area contributed by atoms with Crippen LogP contribution in [0.3, 0.4) is 0 Å². The lowest BCUT2D eigenvalue weighted by atomic mass is 10.2. The molecule has 0 unspecified atom stereocenters. The zero-order valence-corrected chi connectivity index (χ0v) is 14.9. The van der Waals surface area contributed by atoms with Crippen LogP contribution < -0.4 is 15.8 Å². The van der Waals surface area contributed by atoms with Crippen molar-refractivity contribution in [1.82, 2.24) is 10.9 Å². The lowest BCUT2D eigenvalue weighted by Gasteiger charge is -2.16. The zero-order valence-electron chi connectivity index (χ0n) is 14.9. The SMILES string of the molecule is C[C@@H](OC(=O)c1cccc(N(C)C)c1)C(=O)NNC(=O)c1ccccc1. The van der Waals surface area contributed by atoms with E-state index in [2.05, 4.69) is 10.9 Å². The van der Waals surface area contributed by atoms with Crippen LogP contribution in [0.15, 0.2) is 54.6 Å². The molecule has 26 heavy (non-hydrogen) atoms. The second-order valence-electron chi connectivity index (χ2n) is 5.80. The lowest BCUT2D eigenvalue weighted by molar-refractivity contribution is -0.129. The average Bonchev–Trinajstić information content (AvgIpc) is 2.66. The monoisotopic (exact) mass is 355 g/mol. The van der Waals surface area contributed by atoms with Crippen LogP contribution >= 0.6 is 0 Å². The van der Waals surface area contributed by atoms with Gasteiger partial charge in [0.15, 0.2) is 6.10 Å². The Morgan fingerprint density at radius 2 is 1.58 bits per heavy atom. The molecule has 0 radical (unpaired) electrons. The van der Waals surface area contributed by atoms with Gasteiger partial charge in [-0.3, -0.25) is 20.4 Å². The van der Waals surface area contributed by atoms with Crippen molar-refractivity contribution in [3.8, 4) is 0 Å². The van der Waals surface area contributed by atoms with Crippen molar-refractivity contribution in [1.29, 1.82) is 0 Å². The van der Waals surface area contributed by atoms with Gasteiger partial charge >= 0.3 is 5.97 Å². The van der Waals surface area contributed by atoms with Crippen molar-refractivity contribution in [2.45, 2.75) is 13.0 Å². The number of rotatable bonds is 5. The highest BCUT2D eigenvalue weighted by molar-refractivity contribution is 5.96. The number of anilines is 1. The lowest BCUT2D eigenvalue weighted by Crippen LogP contribution is -2.46. The highest BCUT2D eigenvalue weighted by Gasteiger charge is 2.20. The normalized spacial score (nSPS) is 11.2. The summed E-state index contributed by atoms with van der Waals surface area (Å²) in [6.07, 6.45) is -1.07. The molecular weight excluding hydrogens is 334 g/mol. The number of nitrogens with one attached hydrogen (secondary N) is 2. The molecule has 0 aliphatic rings. The highest BCUT2D eigenvalue weighted by atomic mass is 16.5. The van der Waals surface area contributed by atoms with Crippen molar-refractivity contribution in [3.63, 3.8) is 0 Å². The van der Waals surface area contributed by atoms with E-state index in [1.165, 1.54) is 6.92 Å². The van der Waals surface area contributed by atoms with Gasteiger partial charge in [0, 0.05) is 25.3 Å². The van der Waals surface area contributed by atoms with Gasteiger partial charge in [0.25, 0.3) is 11.8 Å². The number of carbonyl (C=O) groups is 3. The Bertz CT molecular complexity index is 790. The summed E-state index contributed by atoms with van der Waals surface area (Å²) in [4.78, 5) is 37.9. The smallest absolute Gasteiger partial charge is 0.338 e. The zero-order chi connectivity index (χ0) is 19.1. The fourth-order valence-corrected chi connectivity index (χ4v) is 2.07. The van der Waals surface area contributed by atoms with E-state index in [4.69, 9.17) is 4.74 Å². The molecule has 7 heteroatoms. The minimum absolute atomic E-state index is 0.337. The number of ether oxygens (including phenoxy) is 1. The molecule has 2 amide bonds. The molecule has 0 bridgehead atoms. The van der Waals surface area contributed by atoms with Crippen LogP contribution in [-0.2, 0) is 9.53 Å². The summed E-state index contributed by atoms with van der Waals surface area (Å²) in [5.74, 6) is -1.71. The van der Waals surface area contributed by atoms with E-state index in [1.54, 1.807) is 48.5 Å². The average molecular weight is 355 g/mol. The molecule has 136 valence electrons. The summed E-state index contributed by atoms with van der Waals surface area (Å²) >= 11 is 0. The molecule has 2 aromatic rings. The van der Waals surface area contributed by atoms with E-state index in [0.29, 0.717) is 11.1 Å². The van der Waals surface area contributed by atoms with Gasteiger partial charge in [0.05, 0.1) is 5.56 Å². The Kier molecular flexibility index (Phi) is 6.32. The molecule has 0 saturated carbocycles. The van der Waals surface area contributed by atoms with Crippen molar-refractivity contribution in [3.05, 3.63) is 65.7 Å². The molecule has 7 nitrogen and oxygen atoms in total. The van der Waals surface area contributed by atoms with Crippen molar-refractivity contribution in [2.75, 3.05) is 19.0 Å². The molecule has 0 fully saturated rings. The maximum absolute atomic E-state index is 12.2. The molecule has 1 atom stereocenters. The third kappa shape index (κ3) is 5.07. The molecule has 2 aromatic carbocycles. The van der Waals surface area contributed by atoms with Crippen LogP contribution in [0, 0.1) is 0 Å². The topological polar surface area (TPSA) is 87.7 Å². The second kappa shape index (κ2) is 8.66. The maximum atomic E-state index is 12.2. The van der Waals surface area contributed by atoms with Crippen LogP contribution in [-0.4, -0.2) is 38.0 Å². The summed E-state index contributed by atoms with van der Waals surface area (Å²) in [5.41, 5.74) is 6.10. The number of nitrogens with zero attached hydrogens (tertiary/aromatic N) is 1. The summed E-state index contributed by atoms with van der Waals surface area (Å²) in [6.45, 7) is 1.43. The van der Waals surface area contributed by atoms with E-state index in [1.807, 2.05) is 25.1 Å².